The fraction of sp³-hybridized carbons (Fsp3) is 0.231. The molecule has 1 nitrogen and oxygen atoms in total. The Morgan fingerprint density at radius 2 is 1.76 bits per heavy atom. The van der Waals surface area contributed by atoms with Crippen molar-refractivity contribution in [3.63, 3.8) is 0 Å². The number of thiophene rings is 1. The highest BCUT2D eigenvalue weighted by Gasteiger charge is 2.20. The molecule has 1 heterocycles. The Morgan fingerprint density at radius 3 is 2.24 bits per heavy atom. The van der Waals surface area contributed by atoms with Gasteiger partial charge in [0.1, 0.15) is 11.6 Å². The second-order valence-corrected chi connectivity index (χ2v) is 5.44. The van der Waals surface area contributed by atoms with Crippen molar-refractivity contribution in [2.45, 2.75) is 19.9 Å². The first kappa shape index (κ1) is 12.2. The Labute approximate surface area is 103 Å². The fourth-order valence-electron chi connectivity index (χ4n) is 1.92. The zero-order valence-corrected chi connectivity index (χ0v) is 10.4. The van der Waals surface area contributed by atoms with E-state index in [0.717, 1.165) is 15.3 Å². The van der Waals surface area contributed by atoms with Crippen LogP contribution >= 0.6 is 11.3 Å². The lowest BCUT2D eigenvalue weighted by atomic mass is 9.99. The maximum Gasteiger partial charge on any atom is 0.131 e. The molecule has 0 saturated carbocycles. The molecule has 0 saturated heterocycles. The molecule has 1 unspecified atom stereocenters. The molecule has 0 aliphatic rings. The van der Waals surface area contributed by atoms with Crippen LogP contribution in [0.2, 0.25) is 0 Å². The number of rotatable bonds is 2. The van der Waals surface area contributed by atoms with Crippen molar-refractivity contribution in [1.29, 1.82) is 0 Å². The van der Waals surface area contributed by atoms with Gasteiger partial charge in [0.2, 0.25) is 0 Å². The van der Waals surface area contributed by atoms with E-state index in [1.807, 2.05) is 19.9 Å². The first-order valence-electron chi connectivity index (χ1n) is 5.27. The minimum Gasteiger partial charge on any atom is -0.320 e. The number of halogens is 2. The molecule has 0 radical (unpaired) electrons. The zero-order valence-electron chi connectivity index (χ0n) is 9.63. The van der Waals surface area contributed by atoms with Crippen LogP contribution in [0, 0.1) is 25.5 Å². The monoisotopic (exact) mass is 253 g/mol. The van der Waals surface area contributed by atoms with Gasteiger partial charge in [-0.25, -0.2) is 8.78 Å². The van der Waals surface area contributed by atoms with Crippen molar-refractivity contribution in [3.8, 4) is 0 Å². The van der Waals surface area contributed by atoms with Gasteiger partial charge in [0.15, 0.2) is 0 Å². The van der Waals surface area contributed by atoms with E-state index >= 15 is 0 Å². The summed E-state index contributed by atoms with van der Waals surface area (Å²) in [6, 6.07) is 4.93. The van der Waals surface area contributed by atoms with Crippen LogP contribution in [0.5, 0.6) is 0 Å². The molecule has 0 spiro atoms. The topological polar surface area (TPSA) is 26.0 Å². The van der Waals surface area contributed by atoms with Crippen molar-refractivity contribution in [2.24, 2.45) is 5.73 Å². The Balaban J connectivity index is 2.51. The number of nitrogens with two attached hydrogens (primary N) is 1. The van der Waals surface area contributed by atoms with Gasteiger partial charge in [0, 0.05) is 15.3 Å². The smallest absolute Gasteiger partial charge is 0.131 e. The van der Waals surface area contributed by atoms with Gasteiger partial charge in [-0.2, -0.15) is 0 Å². The van der Waals surface area contributed by atoms with Gasteiger partial charge in [-0.05, 0) is 37.6 Å². The van der Waals surface area contributed by atoms with Crippen molar-refractivity contribution in [2.75, 3.05) is 0 Å². The molecule has 2 N–H and O–H groups in total. The molecule has 1 atom stereocenters. The van der Waals surface area contributed by atoms with E-state index in [1.54, 1.807) is 11.3 Å². The molecule has 0 amide bonds. The lowest BCUT2D eigenvalue weighted by Gasteiger charge is -2.13. The van der Waals surface area contributed by atoms with Crippen molar-refractivity contribution >= 4 is 11.3 Å². The molecule has 17 heavy (non-hydrogen) atoms. The summed E-state index contributed by atoms with van der Waals surface area (Å²) in [6.07, 6.45) is 0. The Kier molecular flexibility index (Phi) is 3.26. The van der Waals surface area contributed by atoms with Crippen LogP contribution in [-0.4, -0.2) is 0 Å². The van der Waals surface area contributed by atoms with Crippen molar-refractivity contribution in [3.05, 3.63) is 56.8 Å². The largest absolute Gasteiger partial charge is 0.320 e. The summed E-state index contributed by atoms with van der Waals surface area (Å²) >= 11 is 1.58. The Bertz CT molecular complexity index is 528. The number of hydrogen-bond donors (Lipinski definition) is 1. The third-order valence-electron chi connectivity index (χ3n) is 2.73. The zero-order chi connectivity index (χ0) is 12.6. The number of benzene rings is 1. The standard InChI is InChI=1S/C13H13F2NS/c1-7-6-9(8(2)17-7)13(16)12-10(14)4-3-5-11(12)15/h3-6,13H,16H2,1-2H3. The fourth-order valence-corrected chi connectivity index (χ4v) is 2.90. The highest BCUT2D eigenvalue weighted by Crippen LogP contribution is 2.31. The molecule has 0 aliphatic carbocycles. The quantitative estimate of drug-likeness (QED) is 0.867. The SMILES string of the molecule is Cc1cc(C(N)c2c(F)cccc2F)c(C)s1. The summed E-state index contributed by atoms with van der Waals surface area (Å²) < 4.78 is 27.2. The van der Waals surface area contributed by atoms with E-state index < -0.39 is 17.7 Å². The van der Waals surface area contributed by atoms with E-state index in [0.29, 0.717) is 0 Å². The second-order valence-electron chi connectivity index (χ2n) is 3.98. The molecule has 2 aromatic rings. The predicted molar refractivity (Wildman–Crippen MR) is 66.2 cm³/mol. The van der Waals surface area contributed by atoms with E-state index in [9.17, 15) is 8.78 Å². The lowest BCUT2D eigenvalue weighted by Crippen LogP contribution is -2.15. The van der Waals surface area contributed by atoms with Crippen LogP contribution in [0.1, 0.15) is 26.9 Å². The van der Waals surface area contributed by atoms with E-state index in [-0.39, 0.29) is 5.56 Å². The number of aryl methyl sites for hydroxylation is 2. The minimum absolute atomic E-state index is 0.0617. The van der Waals surface area contributed by atoms with Gasteiger partial charge < -0.3 is 5.73 Å². The van der Waals surface area contributed by atoms with Crippen molar-refractivity contribution in [1.82, 2.24) is 0 Å². The summed E-state index contributed by atoms with van der Waals surface area (Å²) in [4.78, 5) is 2.09. The van der Waals surface area contributed by atoms with E-state index in [2.05, 4.69) is 0 Å². The molecule has 4 heteroatoms. The van der Waals surface area contributed by atoms with Gasteiger partial charge in [-0.1, -0.05) is 6.07 Å². The molecule has 0 bridgehead atoms. The molecule has 0 aliphatic heterocycles. The van der Waals surface area contributed by atoms with Gasteiger partial charge >= 0.3 is 0 Å². The second kappa shape index (κ2) is 4.55. The van der Waals surface area contributed by atoms with Crippen LogP contribution in [0.3, 0.4) is 0 Å². The van der Waals surface area contributed by atoms with Crippen LogP contribution in [-0.2, 0) is 0 Å². The molecular formula is C13H13F2NS. The van der Waals surface area contributed by atoms with E-state index in [1.165, 1.54) is 18.2 Å². The molecule has 2 rings (SSSR count). The summed E-state index contributed by atoms with van der Waals surface area (Å²) in [6.45, 7) is 3.86. The molecular weight excluding hydrogens is 240 g/mol. The van der Waals surface area contributed by atoms with Crippen LogP contribution in [0.25, 0.3) is 0 Å². The lowest BCUT2D eigenvalue weighted by molar-refractivity contribution is 0.543. The normalized spacial score (nSPS) is 12.8. The van der Waals surface area contributed by atoms with Crippen LogP contribution < -0.4 is 5.73 Å². The highest BCUT2D eigenvalue weighted by atomic mass is 32.1. The predicted octanol–water partition coefficient (Wildman–Crippen LogP) is 3.69. The highest BCUT2D eigenvalue weighted by molar-refractivity contribution is 7.12. The third kappa shape index (κ3) is 2.23. The van der Waals surface area contributed by atoms with Gasteiger partial charge in [-0.3, -0.25) is 0 Å². The maximum absolute atomic E-state index is 13.6. The molecule has 0 fully saturated rings. The summed E-state index contributed by atoms with van der Waals surface area (Å²) in [5, 5.41) is 0. The van der Waals surface area contributed by atoms with Crippen LogP contribution in [0.4, 0.5) is 8.78 Å². The Hall–Kier alpha value is -1.26. The first-order valence-corrected chi connectivity index (χ1v) is 6.08. The van der Waals surface area contributed by atoms with Gasteiger partial charge in [-0.15, -0.1) is 11.3 Å². The Morgan fingerprint density at radius 1 is 1.18 bits per heavy atom. The van der Waals surface area contributed by atoms with Gasteiger partial charge in [0.05, 0.1) is 6.04 Å². The summed E-state index contributed by atoms with van der Waals surface area (Å²) in [5.41, 5.74) is 6.69. The minimum atomic E-state index is -0.749. The van der Waals surface area contributed by atoms with E-state index in [4.69, 9.17) is 5.73 Å². The maximum atomic E-state index is 13.6. The average Bonchev–Trinajstić information content (AvgIpc) is 2.57. The summed E-state index contributed by atoms with van der Waals surface area (Å²) in [7, 11) is 0. The molecule has 1 aromatic heterocycles. The number of hydrogen-bond acceptors (Lipinski definition) is 2. The van der Waals surface area contributed by atoms with Crippen molar-refractivity contribution < 1.29 is 8.78 Å². The third-order valence-corrected chi connectivity index (χ3v) is 3.71. The molecule has 90 valence electrons. The summed E-state index contributed by atoms with van der Waals surface area (Å²) in [5.74, 6) is -1.19. The van der Waals surface area contributed by atoms with Crippen LogP contribution in [0.15, 0.2) is 24.3 Å². The first-order chi connectivity index (χ1) is 8.00. The molecule has 1 aromatic carbocycles. The van der Waals surface area contributed by atoms with Gasteiger partial charge in [0.25, 0.3) is 0 Å². The average molecular weight is 253 g/mol.